The van der Waals surface area contributed by atoms with Gasteiger partial charge in [-0.2, -0.15) is 5.26 Å². The van der Waals surface area contributed by atoms with Crippen LogP contribution in [0.1, 0.15) is 25.8 Å². The van der Waals surface area contributed by atoms with Gasteiger partial charge >= 0.3 is 0 Å². The third-order valence-corrected chi connectivity index (χ3v) is 2.49. The lowest BCUT2D eigenvalue weighted by Gasteiger charge is -2.13. The molecule has 0 saturated carbocycles. The lowest BCUT2D eigenvalue weighted by atomic mass is 10.1. The van der Waals surface area contributed by atoms with Gasteiger partial charge in [0.2, 0.25) is 0 Å². The summed E-state index contributed by atoms with van der Waals surface area (Å²) in [6, 6.07) is 12.6. The highest BCUT2D eigenvalue weighted by atomic mass is 14.9. The fourth-order valence-electron chi connectivity index (χ4n) is 1.55. The molecule has 0 amide bonds. The minimum absolute atomic E-state index is 0.0254. The van der Waals surface area contributed by atoms with Gasteiger partial charge in [-0.25, -0.2) is 0 Å². The molecule has 0 fully saturated rings. The first-order chi connectivity index (χ1) is 7.72. The van der Waals surface area contributed by atoms with Gasteiger partial charge < -0.3 is 5.32 Å². The third-order valence-electron chi connectivity index (χ3n) is 2.49. The maximum atomic E-state index is 9.00. The Bertz CT molecular complexity index is 324. The molecule has 1 atom stereocenters. The number of hydrogen-bond donors (Lipinski definition) is 1. The summed E-state index contributed by atoms with van der Waals surface area (Å²) in [6.45, 7) is 5.21. The summed E-state index contributed by atoms with van der Waals surface area (Å²) in [4.78, 5) is 0. The van der Waals surface area contributed by atoms with E-state index in [4.69, 9.17) is 5.26 Å². The summed E-state index contributed by atoms with van der Waals surface area (Å²) in [5, 5.41) is 12.3. The molecule has 1 aromatic carbocycles. The molecule has 1 N–H and O–H groups in total. The van der Waals surface area contributed by atoms with Crippen LogP contribution >= 0.6 is 0 Å². The van der Waals surface area contributed by atoms with Crippen molar-refractivity contribution in [2.24, 2.45) is 5.92 Å². The highest BCUT2D eigenvalue weighted by Crippen LogP contribution is 2.05. The molecule has 0 aliphatic carbocycles. The normalized spacial score (nSPS) is 12.4. The summed E-state index contributed by atoms with van der Waals surface area (Å²) in [7, 11) is 0. The molecule has 0 aliphatic rings. The summed E-state index contributed by atoms with van der Waals surface area (Å²) in [5.74, 6) is 0.590. The van der Waals surface area contributed by atoms with Crippen molar-refractivity contribution in [3.63, 3.8) is 0 Å². The second-order valence-electron chi connectivity index (χ2n) is 4.51. The molecule has 0 aliphatic heterocycles. The minimum Gasteiger partial charge on any atom is -0.302 e. The van der Waals surface area contributed by atoms with E-state index >= 15 is 0 Å². The van der Waals surface area contributed by atoms with Gasteiger partial charge in [-0.1, -0.05) is 44.2 Å². The lowest BCUT2D eigenvalue weighted by Crippen LogP contribution is -2.31. The fraction of sp³-hybridized carbons (Fsp3) is 0.500. The first kappa shape index (κ1) is 12.7. The Labute approximate surface area is 98.3 Å². The zero-order valence-electron chi connectivity index (χ0n) is 10.1. The van der Waals surface area contributed by atoms with Crippen molar-refractivity contribution < 1.29 is 0 Å². The Balaban J connectivity index is 2.32. The number of aryl methyl sites for hydroxylation is 1. The first-order valence-corrected chi connectivity index (χ1v) is 5.89. The van der Waals surface area contributed by atoms with E-state index in [1.807, 2.05) is 18.2 Å². The van der Waals surface area contributed by atoms with E-state index < -0.39 is 0 Å². The van der Waals surface area contributed by atoms with Crippen molar-refractivity contribution in [2.45, 2.75) is 32.7 Å². The standard InChI is InChI=1S/C14H20N2/c1-12(2)11-16-14(10-15)9-8-13-6-4-3-5-7-13/h3-7,12,14,16H,8-9,11H2,1-2H3. The molecular weight excluding hydrogens is 196 g/mol. The van der Waals surface area contributed by atoms with E-state index in [9.17, 15) is 0 Å². The van der Waals surface area contributed by atoms with Crippen LogP contribution in [0.2, 0.25) is 0 Å². The fourth-order valence-corrected chi connectivity index (χ4v) is 1.55. The molecule has 2 nitrogen and oxygen atoms in total. The van der Waals surface area contributed by atoms with Crippen molar-refractivity contribution in [1.82, 2.24) is 5.32 Å². The smallest absolute Gasteiger partial charge is 0.0956 e. The van der Waals surface area contributed by atoms with Crippen LogP contribution in [-0.4, -0.2) is 12.6 Å². The zero-order valence-corrected chi connectivity index (χ0v) is 10.1. The van der Waals surface area contributed by atoms with Crippen LogP contribution in [0.3, 0.4) is 0 Å². The number of benzene rings is 1. The molecule has 0 spiro atoms. The summed E-state index contributed by atoms with van der Waals surface area (Å²) >= 11 is 0. The number of hydrogen-bond acceptors (Lipinski definition) is 2. The van der Waals surface area contributed by atoms with Crippen molar-refractivity contribution >= 4 is 0 Å². The third kappa shape index (κ3) is 4.95. The SMILES string of the molecule is CC(C)CNC(C#N)CCc1ccccc1. The van der Waals surface area contributed by atoms with Crippen LogP contribution in [0.15, 0.2) is 30.3 Å². The van der Waals surface area contributed by atoms with Crippen LogP contribution < -0.4 is 5.32 Å². The maximum absolute atomic E-state index is 9.00. The summed E-state index contributed by atoms with van der Waals surface area (Å²) in [5.41, 5.74) is 1.30. The van der Waals surface area contributed by atoms with Gasteiger partial charge in [-0.05, 0) is 30.9 Å². The molecule has 2 heteroatoms. The average molecular weight is 216 g/mol. The van der Waals surface area contributed by atoms with Gasteiger partial charge in [0.15, 0.2) is 0 Å². The molecule has 86 valence electrons. The molecule has 1 rings (SSSR count). The second kappa shape index (κ2) is 7.03. The van der Waals surface area contributed by atoms with Crippen LogP contribution in [0.5, 0.6) is 0 Å². The molecular formula is C14H20N2. The molecule has 0 heterocycles. The Hall–Kier alpha value is -1.33. The number of nitrogens with zero attached hydrogens (tertiary/aromatic N) is 1. The molecule has 0 radical (unpaired) electrons. The quantitative estimate of drug-likeness (QED) is 0.793. The molecule has 0 saturated heterocycles. The molecule has 1 aromatic rings. The topological polar surface area (TPSA) is 35.8 Å². The Morgan fingerprint density at radius 3 is 2.50 bits per heavy atom. The Kier molecular flexibility index (Phi) is 5.60. The summed E-state index contributed by atoms with van der Waals surface area (Å²) in [6.07, 6.45) is 1.84. The predicted octanol–water partition coefficient (Wildman–Crippen LogP) is 2.76. The number of nitrogens with one attached hydrogen (secondary N) is 1. The molecule has 0 bridgehead atoms. The van der Waals surface area contributed by atoms with E-state index in [0.29, 0.717) is 5.92 Å². The highest BCUT2D eigenvalue weighted by Gasteiger charge is 2.07. The van der Waals surface area contributed by atoms with Crippen molar-refractivity contribution in [2.75, 3.05) is 6.54 Å². The Morgan fingerprint density at radius 1 is 1.25 bits per heavy atom. The molecule has 1 unspecified atom stereocenters. The number of nitriles is 1. The van der Waals surface area contributed by atoms with Crippen molar-refractivity contribution in [3.8, 4) is 6.07 Å². The molecule has 16 heavy (non-hydrogen) atoms. The summed E-state index contributed by atoms with van der Waals surface area (Å²) < 4.78 is 0. The predicted molar refractivity (Wildman–Crippen MR) is 67.0 cm³/mol. The second-order valence-corrected chi connectivity index (χ2v) is 4.51. The van der Waals surface area contributed by atoms with E-state index in [1.54, 1.807) is 0 Å². The van der Waals surface area contributed by atoms with Gasteiger partial charge in [-0.15, -0.1) is 0 Å². The van der Waals surface area contributed by atoms with Gasteiger partial charge in [0.1, 0.15) is 0 Å². The van der Waals surface area contributed by atoms with Crippen molar-refractivity contribution in [1.29, 1.82) is 5.26 Å². The van der Waals surface area contributed by atoms with Crippen LogP contribution in [0.25, 0.3) is 0 Å². The largest absolute Gasteiger partial charge is 0.302 e. The molecule has 0 aromatic heterocycles. The first-order valence-electron chi connectivity index (χ1n) is 5.89. The van der Waals surface area contributed by atoms with Crippen molar-refractivity contribution in [3.05, 3.63) is 35.9 Å². The van der Waals surface area contributed by atoms with Crippen LogP contribution in [0, 0.1) is 17.2 Å². The number of rotatable bonds is 6. The maximum Gasteiger partial charge on any atom is 0.0956 e. The van der Waals surface area contributed by atoms with E-state index in [1.165, 1.54) is 5.56 Å². The van der Waals surface area contributed by atoms with Gasteiger partial charge in [-0.3, -0.25) is 0 Å². The van der Waals surface area contributed by atoms with Gasteiger partial charge in [0, 0.05) is 0 Å². The van der Waals surface area contributed by atoms with Crippen LogP contribution in [-0.2, 0) is 6.42 Å². The average Bonchev–Trinajstić information content (AvgIpc) is 2.30. The monoisotopic (exact) mass is 216 g/mol. The van der Waals surface area contributed by atoms with E-state index in [-0.39, 0.29) is 6.04 Å². The Morgan fingerprint density at radius 2 is 1.94 bits per heavy atom. The van der Waals surface area contributed by atoms with E-state index in [2.05, 4.69) is 37.4 Å². The lowest BCUT2D eigenvalue weighted by molar-refractivity contribution is 0.497. The zero-order chi connectivity index (χ0) is 11.8. The minimum atomic E-state index is -0.0254. The van der Waals surface area contributed by atoms with Gasteiger partial charge in [0.05, 0.1) is 12.1 Å². The highest BCUT2D eigenvalue weighted by molar-refractivity contribution is 5.15. The van der Waals surface area contributed by atoms with E-state index in [0.717, 1.165) is 19.4 Å². The van der Waals surface area contributed by atoms with Gasteiger partial charge in [0.25, 0.3) is 0 Å². The van der Waals surface area contributed by atoms with Crippen LogP contribution in [0.4, 0.5) is 0 Å².